The number of aliphatic hydroxyl groups excluding tert-OH is 1. The van der Waals surface area contributed by atoms with Crippen molar-refractivity contribution in [3.8, 4) is 0 Å². The molecular formula is C12H26O. The molecule has 13 heavy (non-hydrogen) atoms. The normalized spacial score (nSPS) is 13.6. The van der Waals surface area contributed by atoms with E-state index in [-0.39, 0.29) is 6.10 Å². The zero-order valence-corrected chi connectivity index (χ0v) is 9.55. The van der Waals surface area contributed by atoms with Crippen LogP contribution < -0.4 is 0 Å². The summed E-state index contributed by atoms with van der Waals surface area (Å²) in [4.78, 5) is 0. The maximum Gasteiger partial charge on any atom is 0.0563 e. The van der Waals surface area contributed by atoms with E-state index in [1.807, 2.05) is 0 Å². The average molecular weight is 186 g/mol. The predicted molar refractivity (Wildman–Crippen MR) is 58.8 cm³/mol. The second-order valence-electron chi connectivity index (χ2n) is 4.37. The van der Waals surface area contributed by atoms with Gasteiger partial charge in [0.1, 0.15) is 0 Å². The Bertz CT molecular complexity index is 99.3. The monoisotopic (exact) mass is 186 g/mol. The van der Waals surface area contributed by atoms with Crippen LogP contribution in [0, 0.1) is 5.92 Å². The minimum Gasteiger partial charge on any atom is -0.393 e. The number of hydrogen-bond acceptors (Lipinski definition) is 1. The lowest BCUT2D eigenvalue weighted by Crippen LogP contribution is -2.13. The molecule has 0 fully saturated rings. The Labute approximate surface area is 83.5 Å². The standard InChI is InChI=1S/C12H26O/c1-4-5-6-7-8-9-10-12(13)11(2)3/h11-13H,4-10H2,1-3H3. The second-order valence-corrected chi connectivity index (χ2v) is 4.37. The highest BCUT2D eigenvalue weighted by molar-refractivity contribution is 4.59. The van der Waals surface area contributed by atoms with Crippen LogP contribution in [0.2, 0.25) is 0 Å². The summed E-state index contributed by atoms with van der Waals surface area (Å²) in [6.45, 7) is 6.41. The molecule has 0 aromatic heterocycles. The first-order valence-corrected chi connectivity index (χ1v) is 5.86. The predicted octanol–water partition coefficient (Wildman–Crippen LogP) is 3.75. The van der Waals surface area contributed by atoms with Gasteiger partial charge in [0.05, 0.1) is 6.10 Å². The Hall–Kier alpha value is -0.0400. The number of hydrogen-bond donors (Lipinski definition) is 1. The highest BCUT2D eigenvalue weighted by atomic mass is 16.3. The number of aliphatic hydroxyl groups is 1. The van der Waals surface area contributed by atoms with Gasteiger partial charge in [-0.1, -0.05) is 59.3 Å². The van der Waals surface area contributed by atoms with Crippen molar-refractivity contribution in [3.63, 3.8) is 0 Å². The second kappa shape index (κ2) is 8.55. The van der Waals surface area contributed by atoms with E-state index in [1.54, 1.807) is 0 Å². The largest absolute Gasteiger partial charge is 0.393 e. The summed E-state index contributed by atoms with van der Waals surface area (Å²) < 4.78 is 0. The van der Waals surface area contributed by atoms with E-state index in [0.717, 1.165) is 6.42 Å². The lowest BCUT2D eigenvalue weighted by Gasteiger charge is -2.13. The Morgan fingerprint density at radius 2 is 1.46 bits per heavy atom. The summed E-state index contributed by atoms with van der Waals surface area (Å²) in [7, 11) is 0. The third-order valence-electron chi connectivity index (χ3n) is 2.62. The molecule has 1 N–H and O–H groups in total. The fourth-order valence-electron chi connectivity index (χ4n) is 1.47. The summed E-state index contributed by atoms with van der Waals surface area (Å²) in [6, 6.07) is 0. The summed E-state index contributed by atoms with van der Waals surface area (Å²) in [5.74, 6) is 0.427. The average Bonchev–Trinajstić information content (AvgIpc) is 2.10. The summed E-state index contributed by atoms with van der Waals surface area (Å²) >= 11 is 0. The van der Waals surface area contributed by atoms with Gasteiger partial charge in [-0.3, -0.25) is 0 Å². The van der Waals surface area contributed by atoms with Crippen molar-refractivity contribution in [3.05, 3.63) is 0 Å². The van der Waals surface area contributed by atoms with Gasteiger partial charge in [-0.25, -0.2) is 0 Å². The van der Waals surface area contributed by atoms with Gasteiger partial charge in [0.15, 0.2) is 0 Å². The maximum atomic E-state index is 9.53. The summed E-state index contributed by atoms with van der Waals surface area (Å²) in [5.41, 5.74) is 0. The molecule has 1 unspecified atom stereocenters. The Kier molecular flexibility index (Phi) is 8.53. The van der Waals surface area contributed by atoms with Crippen molar-refractivity contribution in [2.24, 2.45) is 5.92 Å². The lowest BCUT2D eigenvalue weighted by molar-refractivity contribution is 0.113. The fourth-order valence-corrected chi connectivity index (χ4v) is 1.47. The van der Waals surface area contributed by atoms with E-state index in [2.05, 4.69) is 20.8 Å². The molecule has 1 heteroatoms. The van der Waals surface area contributed by atoms with Crippen LogP contribution in [-0.2, 0) is 0 Å². The van der Waals surface area contributed by atoms with Crippen LogP contribution in [0.4, 0.5) is 0 Å². The first-order chi connectivity index (χ1) is 6.18. The number of rotatable bonds is 8. The van der Waals surface area contributed by atoms with Crippen LogP contribution >= 0.6 is 0 Å². The van der Waals surface area contributed by atoms with E-state index < -0.39 is 0 Å². The third kappa shape index (κ3) is 8.29. The molecule has 0 spiro atoms. The van der Waals surface area contributed by atoms with Crippen LogP contribution in [0.25, 0.3) is 0 Å². The van der Waals surface area contributed by atoms with E-state index >= 15 is 0 Å². The summed E-state index contributed by atoms with van der Waals surface area (Å²) in [6.07, 6.45) is 8.80. The van der Waals surface area contributed by atoms with Gasteiger partial charge in [0.25, 0.3) is 0 Å². The van der Waals surface area contributed by atoms with Crippen LogP contribution in [0.1, 0.15) is 65.7 Å². The molecule has 0 aliphatic carbocycles. The van der Waals surface area contributed by atoms with Gasteiger partial charge in [0.2, 0.25) is 0 Å². The van der Waals surface area contributed by atoms with Crippen LogP contribution in [-0.4, -0.2) is 11.2 Å². The molecule has 80 valence electrons. The van der Waals surface area contributed by atoms with Crippen molar-refractivity contribution in [1.29, 1.82) is 0 Å². The van der Waals surface area contributed by atoms with E-state index in [4.69, 9.17) is 0 Å². The molecular weight excluding hydrogens is 160 g/mol. The van der Waals surface area contributed by atoms with Gasteiger partial charge in [-0.2, -0.15) is 0 Å². The molecule has 0 aromatic rings. The molecule has 1 atom stereocenters. The maximum absolute atomic E-state index is 9.53. The molecule has 0 aromatic carbocycles. The van der Waals surface area contributed by atoms with Crippen LogP contribution in [0.15, 0.2) is 0 Å². The van der Waals surface area contributed by atoms with Crippen LogP contribution in [0.5, 0.6) is 0 Å². The SMILES string of the molecule is CCCCCCCCC(O)C(C)C. The van der Waals surface area contributed by atoms with Gasteiger partial charge in [-0.05, 0) is 12.3 Å². The van der Waals surface area contributed by atoms with E-state index in [0.29, 0.717) is 5.92 Å². The van der Waals surface area contributed by atoms with E-state index in [9.17, 15) is 5.11 Å². The minimum atomic E-state index is -0.0776. The summed E-state index contributed by atoms with van der Waals surface area (Å²) in [5, 5.41) is 9.53. The Morgan fingerprint density at radius 3 is 2.00 bits per heavy atom. The molecule has 0 aliphatic heterocycles. The zero-order valence-electron chi connectivity index (χ0n) is 9.55. The molecule has 1 nitrogen and oxygen atoms in total. The topological polar surface area (TPSA) is 20.2 Å². The van der Waals surface area contributed by atoms with Crippen molar-refractivity contribution in [2.45, 2.75) is 71.8 Å². The van der Waals surface area contributed by atoms with Crippen molar-refractivity contribution >= 4 is 0 Å². The van der Waals surface area contributed by atoms with Crippen molar-refractivity contribution in [1.82, 2.24) is 0 Å². The molecule has 0 aliphatic rings. The van der Waals surface area contributed by atoms with Gasteiger partial charge < -0.3 is 5.11 Å². The van der Waals surface area contributed by atoms with Gasteiger partial charge in [0, 0.05) is 0 Å². The molecule has 0 radical (unpaired) electrons. The highest BCUT2D eigenvalue weighted by Crippen LogP contribution is 2.12. The number of unbranched alkanes of at least 4 members (excludes halogenated alkanes) is 5. The first kappa shape index (κ1) is 13.0. The molecule has 0 bridgehead atoms. The van der Waals surface area contributed by atoms with E-state index in [1.165, 1.54) is 38.5 Å². The van der Waals surface area contributed by atoms with Gasteiger partial charge in [-0.15, -0.1) is 0 Å². The molecule has 0 rings (SSSR count). The smallest absolute Gasteiger partial charge is 0.0563 e. The molecule has 0 saturated heterocycles. The third-order valence-corrected chi connectivity index (χ3v) is 2.62. The molecule has 0 heterocycles. The quantitative estimate of drug-likeness (QED) is 0.572. The first-order valence-electron chi connectivity index (χ1n) is 5.86. The Morgan fingerprint density at radius 1 is 0.923 bits per heavy atom. The minimum absolute atomic E-state index is 0.0776. The molecule has 0 saturated carbocycles. The van der Waals surface area contributed by atoms with Crippen molar-refractivity contribution < 1.29 is 5.11 Å². The lowest BCUT2D eigenvalue weighted by atomic mass is 10.0. The van der Waals surface area contributed by atoms with Crippen LogP contribution in [0.3, 0.4) is 0 Å². The Balaban J connectivity index is 3.07. The van der Waals surface area contributed by atoms with Crippen molar-refractivity contribution in [2.75, 3.05) is 0 Å². The van der Waals surface area contributed by atoms with Gasteiger partial charge >= 0.3 is 0 Å². The fraction of sp³-hybridized carbons (Fsp3) is 1.00. The zero-order chi connectivity index (χ0) is 10.1. The molecule has 0 amide bonds. The highest BCUT2D eigenvalue weighted by Gasteiger charge is 2.07.